The number of nitrogens with one attached hydrogen (secondary N) is 1. The third kappa shape index (κ3) is 9.15. The normalized spacial score (nSPS) is 19.0. The predicted molar refractivity (Wildman–Crippen MR) is 244 cm³/mol. The Morgan fingerprint density at radius 2 is 1.44 bits per heavy atom. The summed E-state index contributed by atoms with van der Waals surface area (Å²) in [6.07, 6.45) is 3.68. The molecule has 0 bridgehead atoms. The van der Waals surface area contributed by atoms with Crippen molar-refractivity contribution in [2.75, 3.05) is 23.4 Å². The Balaban J connectivity index is 1.26. The van der Waals surface area contributed by atoms with Gasteiger partial charge in [0.25, 0.3) is 8.32 Å². The zero-order valence-electron chi connectivity index (χ0n) is 35.6. The van der Waals surface area contributed by atoms with Gasteiger partial charge in [-0.1, -0.05) is 119 Å². The number of para-hydroxylation sites is 1. The lowest BCUT2D eigenvalue weighted by Gasteiger charge is -2.44. The van der Waals surface area contributed by atoms with Crippen molar-refractivity contribution < 1.29 is 33.8 Å². The number of benzene rings is 4. The first-order valence-electron chi connectivity index (χ1n) is 21.4. The molecule has 9 nitrogen and oxygen atoms in total. The molecule has 0 radical (unpaired) electrons. The third-order valence-corrected chi connectivity index (χ3v) is 17.3. The number of anilines is 3. The number of aliphatic hydroxyl groups excluding tert-OH is 3. The lowest BCUT2D eigenvalue weighted by molar-refractivity contribution is -0.123. The Morgan fingerprint density at radius 3 is 2.00 bits per heavy atom. The molecule has 2 heterocycles. The fraction of sp³-hybridized carbons (Fsp3) is 0.333. The van der Waals surface area contributed by atoms with Gasteiger partial charge in [0.15, 0.2) is 0 Å². The molecule has 0 spiro atoms. The lowest BCUT2D eigenvalue weighted by Crippen LogP contribution is -2.66. The molecule has 2 aliphatic rings. The van der Waals surface area contributed by atoms with Crippen molar-refractivity contribution in [2.45, 2.75) is 77.5 Å². The van der Waals surface area contributed by atoms with Gasteiger partial charge in [-0.25, -0.2) is 0 Å². The second-order valence-corrected chi connectivity index (χ2v) is 21.6. The second-order valence-electron chi connectivity index (χ2n) is 17.3. The Bertz CT molecular complexity index is 2280. The second kappa shape index (κ2) is 19.1. The molecule has 1 aromatic heterocycles. The van der Waals surface area contributed by atoms with Gasteiger partial charge in [-0.2, -0.15) is 0 Å². The minimum Gasteiger partial charge on any atom is -0.459 e. The molecule has 1 fully saturated rings. The highest BCUT2D eigenvalue weighted by atomic mass is 28.4. The molecule has 0 unspecified atom stereocenters. The van der Waals surface area contributed by atoms with Crippen molar-refractivity contribution in [3.8, 4) is 0 Å². The number of carbonyl (C=O) groups excluding carboxylic acids is 2. The maximum atomic E-state index is 14.6. The smallest absolute Gasteiger partial charge is 0.261 e. The van der Waals surface area contributed by atoms with Gasteiger partial charge in [-0.3, -0.25) is 14.5 Å². The topological polar surface area (TPSA) is 132 Å². The summed E-state index contributed by atoms with van der Waals surface area (Å²) >= 11 is 0. The molecule has 4 aromatic carbocycles. The number of hydrogen-bond acceptors (Lipinski definition) is 8. The van der Waals surface area contributed by atoms with E-state index >= 15 is 0 Å². The molecular formula is C51H58N2O7Si. The van der Waals surface area contributed by atoms with Crippen molar-refractivity contribution in [2.24, 2.45) is 17.8 Å². The number of carbonyl (C=O) groups is 2. The molecule has 4 atom stereocenters. The molecule has 61 heavy (non-hydrogen) atoms. The number of allylic oxidation sites excluding steroid dienone is 1. The number of fused-ring (bicyclic) bond motifs is 1. The van der Waals surface area contributed by atoms with E-state index in [4.69, 9.17) is 8.84 Å². The Kier molecular flexibility index (Phi) is 13.7. The van der Waals surface area contributed by atoms with Crippen molar-refractivity contribution in [1.82, 2.24) is 0 Å². The van der Waals surface area contributed by atoms with E-state index in [1.807, 2.05) is 91.0 Å². The molecular weight excluding hydrogens is 781 g/mol. The predicted octanol–water partition coefficient (Wildman–Crippen LogP) is 8.53. The maximum Gasteiger partial charge on any atom is 0.261 e. The van der Waals surface area contributed by atoms with Crippen molar-refractivity contribution in [1.29, 1.82) is 0 Å². The zero-order valence-corrected chi connectivity index (χ0v) is 36.6. The third-order valence-electron chi connectivity index (χ3n) is 12.3. The number of nitrogens with zero attached hydrogens (tertiary/aromatic N) is 1. The summed E-state index contributed by atoms with van der Waals surface area (Å²) in [5, 5.41) is 38.5. The van der Waals surface area contributed by atoms with Crippen LogP contribution in [0.2, 0.25) is 5.04 Å². The van der Waals surface area contributed by atoms with E-state index in [0.717, 1.165) is 45.7 Å². The van der Waals surface area contributed by atoms with E-state index in [1.54, 1.807) is 18.2 Å². The van der Waals surface area contributed by atoms with Crippen LogP contribution in [0.3, 0.4) is 0 Å². The van der Waals surface area contributed by atoms with Gasteiger partial charge in [-0.15, -0.1) is 0 Å². The van der Waals surface area contributed by atoms with Crippen LogP contribution in [0, 0.1) is 17.8 Å². The van der Waals surface area contributed by atoms with E-state index in [0.29, 0.717) is 35.6 Å². The highest BCUT2D eigenvalue weighted by molar-refractivity contribution is 6.99. The summed E-state index contributed by atoms with van der Waals surface area (Å²) in [5.41, 5.74) is 4.60. The van der Waals surface area contributed by atoms with Crippen LogP contribution in [0.25, 0.3) is 6.08 Å². The molecule has 1 aliphatic heterocycles. The van der Waals surface area contributed by atoms with Crippen LogP contribution in [0.5, 0.6) is 0 Å². The van der Waals surface area contributed by atoms with Gasteiger partial charge in [0, 0.05) is 17.3 Å². The van der Waals surface area contributed by atoms with E-state index in [1.165, 1.54) is 4.90 Å². The lowest BCUT2D eigenvalue weighted by atomic mass is 9.68. The highest BCUT2D eigenvalue weighted by Crippen LogP contribution is 2.48. The fourth-order valence-electron chi connectivity index (χ4n) is 9.51. The fourth-order valence-corrected chi connectivity index (χ4v) is 14.1. The number of hydrogen-bond donors (Lipinski definition) is 4. The molecule has 1 aliphatic carbocycles. The summed E-state index contributed by atoms with van der Waals surface area (Å²) in [6.45, 7) is 8.23. The van der Waals surface area contributed by atoms with Crippen molar-refractivity contribution >= 4 is 53.6 Å². The minimum atomic E-state index is -3.07. The van der Waals surface area contributed by atoms with E-state index in [9.17, 15) is 24.9 Å². The molecule has 7 rings (SSSR count). The van der Waals surface area contributed by atoms with Gasteiger partial charge >= 0.3 is 0 Å². The first-order valence-corrected chi connectivity index (χ1v) is 23.3. The van der Waals surface area contributed by atoms with Gasteiger partial charge in [-0.05, 0) is 107 Å². The SMILES string of the molecule is CCC/C(=C\c1ccc(CO)o1)CC[C@@H](O)C1=C(CO[Si](c2ccccc2)(c2ccccc2)C(C)(C)C)C[C@H]2C(=O)N(c3ccc(Nc4ccccc4)cc3)C(=O)[C@H]2[C@H]1CO. The Labute approximate surface area is 360 Å². The molecule has 0 saturated carbocycles. The quantitative estimate of drug-likeness (QED) is 0.0417. The van der Waals surface area contributed by atoms with Crippen LogP contribution in [0.4, 0.5) is 17.1 Å². The standard InChI is InChI=1S/C51H58N2O7Si/c1-5-15-35(30-40-27-28-41(32-54)60-40)22-29-46(56)47-36(34-59-61(51(2,3)4,42-18-11-7-12-19-42)43-20-13-8-14-21-43)31-44-48(45(47)33-55)50(58)53(49(44)57)39-25-23-38(24-26-39)52-37-16-9-6-10-17-37/h6-14,16-21,23-28,30,44-46,48,52,54-56H,5,15,22,29,31-34H2,1-4H3/b35-30+/t44-,45+,46-,48-/m1/s1. The first kappa shape index (κ1) is 43.7. The van der Waals surface area contributed by atoms with Crippen LogP contribution in [-0.2, 0) is 20.6 Å². The first-order chi connectivity index (χ1) is 29.5. The number of aliphatic hydroxyl groups is 3. The van der Waals surface area contributed by atoms with Crippen molar-refractivity contribution in [3.05, 3.63) is 156 Å². The van der Waals surface area contributed by atoms with Gasteiger partial charge < -0.3 is 29.5 Å². The van der Waals surface area contributed by atoms with Crippen LogP contribution in [-0.4, -0.2) is 54.8 Å². The van der Waals surface area contributed by atoms with Crippen LogP contribution in [0.1, 0.15) is 71.3 Å². The van der Waals surface area contributed by atoms with Gasteiger partial charge in [0.1, 0.15) is 18.1 Å². The number of furan rings is 1. The summed E-state index contributed by atoms with van der Waals surface area (Å²) < 4.78 is 13.2. The zero-order chi connectivity index (χ0) is 43.1. The molecule has 1 saturated heterocycles. The van der Waals surface area contributed by atoms with E-state index in [-0.39, 0.29) is 36.5 Å². The molecule has 10 heteroatoms. The Hall–Kier alpha value is -5.36. The van der Waals surface area contributed by atoms with Gasteiger partial charge in [0.2, 0.25) is 11.8 Å². The van der Waals surface area contributed by atoms with Crippen LogP contribution < -0.4 is 20.6 Å². The summed E-state index contributed by atoms with van der Waals surface area (Å²) in [6, 6.07) is 41.2. The van der Waals surface area contributed by atoms with Crippen LogP contribution >= 0.6 is 0 Å². The van der Waals surface area contributed by atoms with E-state index in [2.05, 4.69) is 57.3 Å². The summed E-state index contributed by atoms with van der Waals surface area (Å²) in [4.78, 5) is 30.4. The maximum absolute atomic E-state index is 14.6. The Morgan fingerprint density at radius 1 is 0.836 bits per heavy atom. The monoisotopic (exact) mass is 838 g/mol. The summed E-state index contributed by atoms with van der Waals surface area (Å²) in [7, 11) is -3.07. The van der Waals surface area contributed by atoms with Crippen molar-refractivity contribution in [3.63, 3.8) is 0 Å². The average molecular weight is 839 g/mol. The molecule has 4 N–H and O–H groups in total. The number of imide groups is 1. The molecule has 2 amide bonds. The number of amides is 2. The largest absolute Gasteiger partial charge is 0.459 e. The van der Waals surface area contributed by atoms with Crippen LogP contribution in [0.15, 0.2) is 149 Å². The highest BCUT2D eigenvalue weighted by Gasteiger charge is 2.56. The minimum absolute atomic E-state index is 0.120. The number of rotatable bonds is 17. The molecule has 318 valence electrons. The van der Waals surface area contributed by atoms with E-state index < -0.39 is 38.8 Å². The average Bonchev–Trinajstić information content (AvgIpc) is 3.83. The summed E-state index contributed by atoms with van der Waals surface area (Å²) in [5.74, 6) is -1.98. The van der Waals surface area contributed by atoms with Gasteiger partial charge in [0.05, 0.1) is 36.8 Å². The molecule has 5 aromatic rings.